The highest BCUT2D eigenvalue weighted by molar-refractivity contribution is 5.80. The van der Waals surface area contributed by atoms with Gasteiger partial charge in [-0.05, 0) is 38.3 Å². The van der Waals surface area contributed by atoms with Crippen molar-refractivity contribution < 1.29 is 14.6 Å². The van der Waals surface area contributed by atoms with Crippen LogP contribution < -0.4 is 0 Å². The minimum atomic E-state index is -0.954. The van der Waals surface area contributed by atoms with Crippen molar-refractivity contribution in [3.05, 3.63) is 35.9 Å². The van der Waals surface area contributed by atoms with Crippen molar-refractivity contribution in [1.82, 2.24) is 4.90 Å². The first-order chi connectivity index (χ1) is 11.1. The number of esters is 1. The van der Waals surface area contributed by atoms with E-state index >= 15 is 0 Å². The Balaban J connectivity index is 1.76. The second-order valence-corrected chi connectivity index (χ2v) is 7.09. The van der Waals surface area contributed by atoms with Crippen molar-refractivity contribution in [2.75, 3.05) is 20.1 Å². The molecule has 23 heavy (non-hydrogen) atoms. The molecule has 1 unspecified atom stereocenters. The maximum Gasteiger partial charge on any atom is 0.316 e. The monoisotopic (exact) mass is 317 g/mol. The van der Waals surface area contributed by atoms with Crippen molar-refractivity contribution in [2.24, 2.45) is 0 Å². The number of hydrogen-bond donors (Lipinski definition) is 1. The standard InChI is InChI=1S/C19H27NO3/c1-20-13-9-16(10-14-20)23-18(21)17(15-7-3-2-4-8-15)19(22)11-5-6-12-19/h2-4,7-8,16-17,22H,5-6,9-14H2,1H3. The Hall–Kier alpha value is -1.39. The maximum atomic E-state index is 12.9. The van der Waals surface area contributed by atoms with Crippen molar-refractivity contribution in [3.63, 3.8) is 0 Å². The van der Waals surface area contributed by atoms with E-state index in [1.807, 2.05) is 30.3 Å². The van der Waals surface area contributed by atoms with Gasteiger partial charge in [0.25, 0.3) is 0 Å². The van der Waals surface area contributed by atoms with Crippen molar-refractivity contribution in [1.29, 1.82) is 0 Å². The van der Waals surface area contributed by atoms with Crippen LogP contribution in [-0.2, 0) is 9.53 Å². The second kappa shape index (κ2) is 7.02. The summed E-state index contributed by atoms with van der Waals surface area (Å²) in [5.74, 6) is -0.819. The zero-order valence-electron chi connectivity index (χ0n) is 13.9. The Morgan fingerprint density at radius 2 is 1.83 bits per heavy atom. The number of nitrogens with zero attached hydrogens (tertiary/aromatic N) is 1. The van der Waals surface area contributed by atoms with Crippen molar-refractivity contribution >= 4 is 5.97 Å². The molecule has 4 nitrogen and oxygen atoms in total. The van der Waals surface area contributed by atoms with E-state index < -0.39 is 11.5 Å². The SMILES string of the molecule is CN1CCC(OC(=O)C(c2ccccc2)C2(O)CCCC2)CC1. The lowest BCUT2D eigenvalue weighted by Gasteiger charge is -2.34. The predicted molar refractivity (Wildman–Crippen MR) is 89.2 cm³/mol. The molecule has 3 rings (SSSR count). The lowest BCUT2D eigenvalue weighted by atomic mass is 9.80. The summed E-state index contributed by atoms with van der Waals surface area (Å²) in [6, 6.07) is 9.63. The molecule has 126 valence electrons. The molecule has 1 saturated heterocycles. The number of hydrogen-bond acceptors (Lipinski definition) is 4. The van der Waals surface area contributed by atoms with Gasteiger partial charge in [0.1, 0.15) is 12.0 Å². The van der Waals surface area contributed by atoms with E-state index in [2.05, 4.69) is 11.9 Å². The zero-order chi connectivity index (χ0) is 16.3. The molecule has 1 heterocycles. The largest absolute Gasteiger partial charge is 0.462 e. The molecule has 1 aliphatic heterocycles. The first-order valence-corrected chi connectivity index (χ1v) is 8.75. The Morgan fingerprint density at radius 1 is 1.22 bits per heavy atom. The number of rotatable bonds is 4. The third-order valence-electron chi connectivity index (χ3n) is 5.32. The van der Waals surface area contributed by atoms with Crippen LogP contribution in [0, 0.1) is 0 Å². The molecule has 1 saturated carbocycles. The van der Waals surface area contributed by atoms with Gasteiger partial charge in [0.05, 0.1) is 5.60 Å². The van der Waals surface area contributed by atoms with Gasteiger partial charge in [-0.1, -0.05) is 43.2 Å². The second-order valence-electron chi connectivity index (χ2n) is 7.09. The molecule has 0 radical (unpaired) electrons. The van der Waals surface area contributed by atoms with E-state index in [-0.39, 0.29) is 12.1 Å². The zero-order valence-corrected chi connectivity index (χ0v) is 13.9. The highest BCUT2D eigenvalue weighted by Gasteiger charge is 2.45. The van der Waals surface area contributed by atoms with E-state index in [0.717, 1.165) is 44.3 Å². The number of likely N-dealkylation sites (tertiary alicyclic amines) is 1. The van der Waals surface area contributed by atoms with Gasteiger partial charge in [0.15, 0.2) is 0 Å². The molecular weight excluding hydrogens is 290 g/mol. The van der Waals surface area contributed by atoms with Crippen LogP contribution in [0.4, 0.5) is 0 Å². The van der Waals surface area contributed by atoms with Crippen LogP contribution in [0.2, 0.25) is 0 Å². The molecule has 1 aliphatic carbocycles. The molecule has 2 fully saturated rings. The number of ether oxygens (including phenoxy) is 1. The molecule has 2 aliphatic rings. The smallest absolute Gasteiger partial charge is 0.316 e. The first-order valence-electron chi connectivity index (χ1n) is 8.75. The molecule has 0 spiro atoms. The maximum absolute atomic E-state index is 12.9. The van der Waals surface area contributed by atoms with Crippen LogP contribution in [-0.4, -0.2) is 47.8 Å². The minimum Gasteiger partial charge on any atom is -0.462 e. The molecular formula is C19H27NO3. The van der Waals surface area contributed by atoms with Crippen LogP contribution in [0.25, 0.3) is 0 Å². The summed E-state index contributed by atoms with van der Waals surface area (Å²) in [5, 5.41) is 11.0. The molecule has 1 aromatic rings. The summed E-state index contributed by atoms with van der Waals surface area (Å²) >= 11 is 0. The van der Waals surface area contributed by atoms with E-state index in [4.69, 9.17) is 4.74 Å². The number of benzene rings is 1. The first kappa shape index (κ1) is 16.5. The van der Waals surface area contributed by atoms with E-state index in [1.54, 1.807) is 0 Å². The summed E-state index contributed by atoms with van der Waals surface area (Å²) in [6.45, 7) is 1.91. The molecule has 0 aromatic heterocycles. The van der Waals surface area contributed by atoms with Crippen molar-refractivity contribution in [2.45, 2.75) is 56.1 Å². The Labute approximate surface area is 138 Å². The summed E-state index contributed by atoms with van der Waals surface area (Å²) in [7, 11) is 2.09. The van der Waals surface area contributed by atoms with Crippen LogP contribution >= 0.6 is 0 Å². The lowest BCUT2D eigenvalue weighted by molar-refractivity contribution is -0.160. The Kier molecular flexibility index (Phi) is 5.02. The van der Waals surface area contributed by atoms with Gasteiger partial charge in [0.2, 0.25) is 0 Å². The van der Waals surface area contributed by atoms with Crippen LogP contribution in [0.5, 0.6) is 0 Å². The van der Waals surface area contributed by atoms with Crippen LogP contribution in [0.15, 0.2) is 30.3 Å². The van der Waals surface area contributed by atoms with Gasteiger partial charge in [0, 0.05) is 13.1 Å². The number of aliphatic hydroxyl groups is 1. The number of carbonyl (C=O) groups excluding carboxylic acids is 1. The van der Waals surface area contributed by atoms with Gasteiger partial charge >= 0.3 is 5.97 Å². The van der Waals surface area contributed by atoms with Gasteiger partial charge in [-0.25, -0.2) is 0 Å². The lowest BCUT2D eigenvalue weighted by Crippen LogP contribution is -2.42. The number of piperidine rings is 1. The Morgan fingerprint density at radius 3 is 2.43 bits per heavy atom. The van der Waals surface area contributed by atoms with Gasteiger partial charge in [-0.2, -0.15) is 0 Å². The Bertz CT molecular complexity index is 517. The van der Waals surface area contributed by atoms with Crippen molar-refractivity contribution in [3.8, 4) is 0 Å². The summed E-state index contributed by atoms with van der Waals surface area (Å²) in [6.07, 6.45) is 5.03. The topological polar surface area (TPSA) is 49.8 Å². The van der Waals surface area contributed by atoms with E-state index in [9.17, 15) is 9.90 Å². The molecule has 1 N–H and O–H groups in total. The molecule has 4 heteroatoms. The highest BCUT2D eigenvalue weighted by Crippen LogP contribution is 2.42. The third-order valence-corrected chi connectivity index (χ3v) is 5.32. The van der Waals surface area contributed by atoms with E-state index in [1.165, 1.54) is 0 Å². The average molecular weight is 317 g/mol. The fourth-order valence-electron chi connectivity index (χ4n) is 3.92. The highest BCUT2D eigenvalue weighted by atomic mass is 16.5. The quantitative estimate of drug-likeness (QED) is 0.868. The third kappa shape index (κ3) is 3.75. The summed E-state index contributed by atoms with van der Waals surface area (Å²) in [5.41, 5.74) is -0.0843. The average Bonchev–Trinajstić information content (AvgIpc) is 2.98. The summed E-state index contributed by atoms with van der Waals surface area (Å²) < 4.78 is 5.81. The van der Waals surface area contributed by atoms with Gasteiger partial charge in [-0.3, -0.25) is 4.79 Å². The normalized spacial score (nSPS) is 23.6. The molecule has 0 amide bonds. The fourth-order valence-corrected chi connectivity index (χ4v) is 3.92. The summed E-state index contributed by atoms with van der Waals surface area (Å²) in [4.78, 5) is 15.1. The molecule has 0 bridgehead atoms. The minimum absolute atomic E-state index is 0.0186. The predicted octanol–water partition coefficient (Wildman–Crippen LogP) is 2.71. The van der Waals surface area contributed by atoms with Gasteiger partial charge in [-0.15, -0.1) is 0 Å². The molecule has 1 atom stereocenters. The number of carbonyl (C=O) groups is 1. The van der Waals surface area contributed by atoms with Crippen LogP contribution in [0.3, 0.4) is 0 Å². The fraction of sp³-hybridized carbons (Fsp3) is 0.632. The molecule has 1 aromatic carbocycles. The van der Waals surface area contributed by atoms with Gasteiger partial charge < -0.3 is 14.7 Å². The van der Waals surface area contributed by atoms with E-state index in [0.29, 0.717) is 12.8 Å². The van der Waals surface area contributed by atoms with Crippen LogP contribution in [0.1, 0.15) is 50.0 Å².